The summed E-state index contributed by atoms with van der Waals surface area (Å²) in [6.45, 7) is 0. The van der Waals surface area contributed by atoms with E-state index in [2.05, 4.69) is 4.99 Å². The van der Waals surface area contributed by atoms with E-state index in [0.29, 0.717) is 5.56 Å². The van der Waals surface area contributed by atoms with Crippen LogP contribution in [0.4, 0.5) is 13.2 Å². The molecule has 1 aromatic carbocycles. The van der Waals surface area contributed by atoms with Crippen molar-refractivity contribution in [3.8, 4) is 0 Å². The second-order valence-corrected chi connectivity index (χ2v) is 6.00. The minimum atomic E-state index is -4.41. The Morgan fingerprint density at radius 1 is 1.17 bits per heavy atom. The maximum Gasteiger partial charge on any atom is 0.416 e. The Morgan fingerprint density at radius 3 is 2.52 bits per heavy atom. The van der Waals surface area contributed by atoms with Gasteiger partial charge in [-0.05, 0) is 29.9 Å². The van der Waals surface area contributed by atoms with Crippen molar-refractivity contribution in [2.75, 3.05) is 0 Å². The minimum Gasteiger partial charge on any atom is -0.370 e. The number of benzene rings is 1. The number of alkyl halides is 3. The number of aliphatic imine (C=N–C) groups is 1. The first-order valence-electron chi connectivity index (χ1n) is 7.26. The van der Waals surface area contributed by atoms with Crippen molar-refractivity contribution < 1.29 is 18.0 Å². The highest BCUT2D eigenvalue weighted by Gasteiger charge is 2.49. The molecule has 1 amide bonds. The van der Waals surface area contributed by atoms with E-state index < -0.39 is 23.6 Å². The molecule has 0 spiro atoms. The van der Waals surface area contributed by atoms with Crippen LogP contribution in [0, 0.1) is 17.8 Å². The number of guanidine groups is 1. The van der Waals surface area contributed by atoms with Crippen LogP contribution >= 0.6 is 0 Å². The standard InChI is InChI=1S/C16H16F3N3O/c17-16(18,19)11-3-1-2-8(7-11)12-9-4-5-10(6-9)13(12)14(23)22-15(20)21/h1-5,7,9-10,12-13H,6H2,(H4,20,21,22,23)/t9?,10?,12-,13-/m1/s1. The van der Waals surface area contributed by atoms with Crippen LogP contribution in [-0.2, 0) is 11.0 Å². The van der Waals surface area contributed by atoms with Crippen molar-refractivity contribution >= 4 is 11.9 Å². The van der Waals surface area contributed by atoms with E-state index in [1.807, 2.05) is 12.2 Å². The summed E-state index contributed by atoms with van der Waals surface area (Å²) < 4.78 is 38.8. The summed E-state index contributed by atoms with van der Waals surface area (Å²) in [5, 5.41) is 0. The number of carbonyl (C=O) groups excluding carboxylic acids is 1. The Hall–Kier alpha value is -2.31. The molecule has 4 N–H and O–H groups in total. The van der Waals surface area contributed by atoms with Gasteiger partial charge in [-0.1, -0.05) is 30.4 Å². The third-order valence-corrected chi connectivity index (χ3v) is 4.58. The van der Waals surface area contributed by atoms with Crippen LogP contribution in [0.3, 0.4) is 0 Å². The van der Waals surface area contributed by atoms with Crippen molar-refractivity contribution in [2.45, 2.75) is 18.5 Å². The third kappa shape index (κ3) is 2.83. The lowest BCUT2D eigenvalue weighted by Crippen LogP contribution is -2.30. The number of rotatable bonds is 2. The maximum absolute atomic E-state index is 12.9. The monoisotopic (exact) mass is 323 g/mol. The average Bonchev–Trinajstić information content (AvgIpc) is 3.06. The van der Waals surface area contributed by atoms with E-state index in [4.69, 9.17) is 11.5 Å². The summed E-state index contributed by atoms with van der Waals surface area (Å²) in [6, 6.07) is 5.15. The molecule has 122 valence electrons. The molecule has 0 aliphatic heterocycles. The molecular formula is C16H16F3N3O. The number of hydrogen-bond acceptors (Lipinski definition) is 1. The highest BCUT2D eigenvalue weighted by Crippen LogP contribution is 2.53. The molecule has 2 bridgehead atoms. The van der Waals surface area contributed by atoms with Crippen LogP contribution in [0.15, 0.2) is 41.4 Å². The van der Waals surface area contributed by atoms with Gasteiger partial charge in [0, 0.05) is 5.92 Å². The number of nitrogens with zero attached hydrogens (tertiary/aromatic N) is 1. The van der Waals surface area contributed by atoms with Crippen LogP contribution in [0.25, 0.3) is 0 Å². The molecule has 23 heavy (non-hydrogen) atoms. The second-order valence-electron chi connectivity index (χ2n) is 6.00. The summed E-state index contributed by atoms with van der Waals surface area (Å²) in [7, 11) is 0. The van der Waals surface area contributed by atoms with Crippen LogP contribution in [0.1, 0.15) is 23.5 Å². The normalized spacial score (nSPS) is 28.8. The van der Waals surface area contributed by atoms with E-state index in [9.17, 15) is 18.0 Å². The van der Waals surface area contributed by atoms with Gasteiger partial charge in [0.05, 0.1) is 11.5 Å². The SMILES string of the molecule is NC(N)=NC(=O)[C@@H]1C2C=CC(C2)[C@H]1c1cccc(C(F)(F)F)c1. The van der Waals surface area contributed by atoms with Crippen LogP contribution in [0.5, 0.6) is 0 Å². The molecule has 0 aromatic heterocycles. The summed E-state index contributed by atoms with van der Waals surface area (Å²) in [4.78, 5) is 15.9. The number of nitrogens with two attached hydrogens (primary N) is 2. The number of carbonyl (C=O) groups is 1. The molecule has 3 rings (SSSR count). The first kappa shape index (κ1) is 15.6. The molecule has 0 saturated heterocycles. The van der Waals surface area contributed by atoms with Gasteiger partial charge in [-0.3, -0.25) is 4.79 Å². The summed E-state index contributed by atoms with van der Waals surface area (Å²) in [5.41, 5.74) is 10.3. The Morgan fingerprint density at radius 2 is 1.87 bits per heavy atom. The van der Waals surface area contributed by atoms with Gasteiger partial charge in [-0.25, -0.2) is 0 Å². The van der Waals surface area contributed by atoms with E-state index in [-0.39, 0.29) is 23.7 Å². The largest absolute Gasteiger partial charge is 0.416 e. The fraction of sp³-hybridized carbons (Fsp3) is 0.375. The Labute approximate surface area is 131 Å². The molecule has 1 aromatic rings. The van der Waals surface area contributed by atoms with Gasteiger partial charge >= 0.3 is 6.18 Å². The van der Waals surface area contributed by atoms with Crippen LogP contribution < -0.4 is 11.5 Å². The second kappa shape index (κ2) is 5.40. The van der Waals surface area contributed by atoms with Crippen molar-refractivity contribution in [1.29, 1.82) is 0 Å². The van der Waals surface area contributed by atoms with Gasteiger partial charge in [0.1, 0.15) is 0 Å². The summed E-state index contributed by atoms with van der Waals surface area (Å²) in [6.07, 6.45) is 0.217. The number of halogens is 3. The molecule has 0 radical (unpaired) electrons. The van der Waals surface area contributed by atoms with Gasteiger partial charge in [0.15, 0.2) is 5.96 Å². The molecule has 4 nitrogen and oxygen atoms in total. The number of fused-ring (bicyclic) bond motifs is 2. The Kier molecular flexibility index (Phi) is 3.66. The van der Waals surface area contributed by atoms with Gasteiger partial charge in [0.25, 0.3) is 5.91 Å². The van der Waals surface area contributed by atoms with E-state index in [1.54, 1.807) is 6.07 Å². The molecule has 7 heteroatoms. The van der Waals surface area contributed by atoms with Crippen molar-refractivity contribution in [1.82, 2.24) is 0 Å². The first-order valence-corrected chi connectivity index (χ1v) is 7.26. The Balaban J connectivity index is 1.99. The lowest BCUT2D eigenvalue weighted by Gasteiger charge is -2.26. The lowest BCUT2D eigenvalue weighted by atomic mass is 9.77. The lowest BCUT2D eigenvalue weighted by molar-refractivity contribution is -0.137. The zero-order valence-corrected chi connectivity index (χ0v) is 12.1. The predicted octanol–water partition coefficient (Wildman–Crippen LogP) is 2.41. The van der Waals surface area contributed by atoms with Gasteiger partial charge < -0.3 is 11.5 Å². The minimum absolute atomic E-state index is 0.0323. The van der Waals surface area contributed by atoms with E-state index >= 15 is 0 Å². The van der Waals surface area contributed by atoms with Crippen molar-refractivity contribution in [3.63, 3.8) is 0 Å². The highest BCUT2D eigenvalue weighted by atomic mass is 19.4. The summed E-state index contributed by atoms with van der Waals surface area (Å²) in [5.74, 6) is -1.64. The van der Waals surface area contributed by atoms with Gasteiger partial charge in [0.2, 0.25) is 0 Å². The molecule has 4 atom stereocenters. The predicted molar refractivity (Wildman–Crippen MR) is 79.2 cm³/mol. The third-order valence-electron chi connectivity index (χ3n) is 4.58. The molecule has 2 aliphatic carbocycles. The molecule has 1 saturated carbocycles. The average molecular weight is 323 g/mol. The number of amides is 1. The number of allylic oxidation sites excluding steroid dienone is 2. The van der Waals surface area contributed by atoms with Crippen LogP contribution in [0.2, 0.25) is 0 Å². The Bertz CT molecular complexity index is 692. The molecule has 2 aliphatic rings. The molecule has 2 unspecified atom stereocenters. The topological polar surface area (TPSA) is 81.5 Å². The zero-order chi connectivity index (χ0) is 16.8. The van der Waals surface area contributed by atoms with E-state index in [0.717, 1.165) is 18.6 Å². The molecular weight excluding hydrogens is 307 g/mol. The van der Waals surface area contributed by atoms with Crippen LogP contribution in [-0.4, -0.2) is 11.9 Å². The maximum atomic E-state index is 12.9. The molecule has 1 fully saturated rings. The van der Waals surface area contributed by atoms with Gasteiger partial charge in [-0.15, -0.1) is 0 Å². The van der Waals surface area contributed by atoms with Crippen molar-refractivity contribution in [3.05, 3.63) is 47.5 Å². The fourth-order valence-corrected chi connectivity index (χ4v) is 3.74. The van der Waals surface area contributed by atoms with E-state index in [1.165, 1.54) is 6.07 Å². The smallest absolute Gasteiger partial charge is 0.370 e. The van der Waals surface area contributed by atoms with Crippen molar-refractivity contribution in [2.24, 2.45) is 34.2 Å². The zero-order valence-electron chi connectivity index (χ0n) is 12.1. The summed E-state index contributed by atoms with van der Waals surface area (Å²) >= 11 is 0. The van der Waals surface area contributed by atoms with Gasteiger partial charge in [-0.2, -0.15) is 18.2 Å². The molecule has 0 heterocycles. The fourth-order valence-electron chi connectivity index (χ4n) is 3.74. The number of hydrogen-bond donors (Lipinski definition) is 2. The highest BCUT2D eigenvalue weighted by molar-refractivity contribution is 5.93. The first-order chi connectivity index (χ1) is 10.8. The quantitative estimate of drug-likeness (QED) is 0.498.